The smallest absolute Gasteiger partial charge is 0.275 e. The van der Waals surface area contributed by atoms with Crippen LogP contribution in [0.5, 0.6) is 0 Å². The molecule has 3 aromatic heterocycles. The van der Waals surface area contributed by atoms with Crippen molar-refractivity contribution in [2.75, 3.05) is 5.32 Å². The number of aromatic nitrogens is 4. The number of aryl methyl sites for hydroxylation is 2. The molecule has 0 aliphatic carbocycles. The second-order valence-electron chi connectivity index (χ2n) is 5.01. The number of amides is 1. The average molecular weight is 311 g/mol. The molecule has 3 aromatic rings. The SMILES string of the molecule is Cc1cc(-n2ccnc2C)cc(C(=O)Nc2ccc(F)cn2)n1. The summed E-state index contributed by atoms with van der Waals surface area (Å²) < 4.78 is 14.7. The van der Waals surface area contributed by atoms with Gasteiger partial charge in [0.2, 0.25) is 0 Å². The Labute approximate surface area is 132 Å². The summed E-state index contributed by atoms with van der Waals surface area (Å²) in [7, 11) is 0. The summed E-state index contributed by atoms with van der Waals surface area (Å²) in [6, 6.07) is 6.15. The lowest BCUT2D eigenvalue weighted by Gasteiger charge is -2.09. The van der Waals surface area contributed by atoms with Gasteiger partial charge in [0.25, 0.3) is 5.91 Å². The maximum atomic E-state index is 12.9. The van der Waals surface area contributed by atoms with E-state index in [9.17, 15) is 9.18 Å². The van der Waals surface area contributed by atoms with Crippen molar-refractivity contribution in [1.29, 1.82) is 0 Å². The minimum absolute atomic E-state index is 0.249. The lowest BCUT2D eigenvalue weighted by atomic mass is 10.2. The number of hydrogen-bond donors (Lipinski definition) is 1. The molecule has 0 atom stereocenters. The lowest BCUT2D eigenvalue weighted by Crippen LogP contribution is -2.16. The van der Waals surface area contributed by atoms with E-state index >= 15 is 0 Å². The number of imidazole rings is 1. The van der Waals surface area contributed by atoms with E-state index in [1.54, 1.807) is 12.3 Å². The second kappa shape index (κ2) is 5.96. The molecule has 0 aromatic carbocycles. The normalized spacial score (nSPS) is 10.6. The first-order valence-electron chi connectivity index (χ1n) is 6.95. The van der Waals surface area contributed by atoms with Gasteiger partial charge >= 0.3 is 0 Å². The zero-order valence-electron chi connectivity index (χ0n) is 12.6. The highest BCUT2D eigenvalue weighted by Gasteiger charge is 2.12. The van der Waals surface area contributed by atoms with E-state index in [4.69, 9.17) is 0 Å². The summed E-state index contributed by atoms with van der Waals surface area (Å²) in [5, 5.41) is 2.60. The van der Waals surface area contributed by atoms with Gasteiger partial charge in [0.1, 0.15) is 23.2 Å². The van der Waals surface area contributed by atoms with Gasteiger partial charge in [0.05, 0.1) is 11.9 Å². The van der Waals surface area contributed by atoms with E-state index in [0.29, 0.717) is 5.69 Å². The number of halogens is 1. The van der Waals surface area contributed by atoms with Gasteiger partial charge in [-0.3, -0.25) is 4.79 Å². The van der Waals surface area contributed by atoms with Crippen molar-refractivity contribution in [1.82, 2.24) is 19.5 Å². The Morgan fingerprint density at radius 1 is 1.22 bits per heavy atom. The Kier molecular flexibility index (Phi) is 3.84. The van der Waals surface area contributed by atoms with E-state index in [2.05, 4.69) is 20.3 Å². The van der Waals surface area contributed by atoms with Gasteiger partial charge in [0.15, 0.2) is 0 Å². The molecule has 3 heterocycles. The van der Waals surface area contributed by atoms with Crippen LogP contribution in [0.3, 0.4) is 0 Å². The Balaban J connectivity index is 1.90. The van der Waals surface area contributed by atoms with E-state index < -0.39 is 11.7 Å². The van der Waals surface area contributed by atoms with Crippen molar-refractivity contribution in [3.8, 4) is 5.69 Å². The number of carbonyl (C=O) groups is 1. The largest absolute Gasteiger partial charge is 0.305 e. The summed E-state index contributed by atoms with van der Waals surface area (Å²) >= 11 is 0. The molecular formula is C16H14FN5O. The van der Waals surface area contributed by atoms with Crippen LogP contribution in [0.25, 0.3) is 5.69 Å². The molecule has 0 unspecified atom stereocenters. The first kappa shape index (κ1) is 14.8. The Morgan fingerprint density at radius 2 is 2.04 bits per heavy atom. The number of anilines is 1. The maximum Gasteiger partial charge on any atom is 0.275 e. The molecule has 0 radical (unpaired) electrons. The van der Waals surface area contributed by atoms with Crippen molar-refractivity contribution >= 4 is 11.7 Å². The number of nitrogens with one attached hydrogen (secondary N) is 1. The van der Waals surface area contributed by atoms with Gasteiger partial charge in [-0.25, -0.2) is 19.3 Å². The number of rotatable bonds is 3. The van der Waals surface area contributed by atoms with E-state index in [-0.39, 0.29) is 11.5 Å². The van der Waals surface area contributed by atoms with Crippen molar-refractivity contribution in [2.45, 2.75) is 13.8 Å². The maximum absolute atomic E-state index is 12.9. The monoisotopic (exact) mass is 311 g/mol. The molecule has 0 aliphatic heterocycles. The molecule has 23 heavy (non-hydrogen) atoms. The van der Waals surface area contributed by atoms with Gasteiger partial charge in [0, 0.05) is 18.1 Å². The summed E-state index contributed by atoms with van der Waals surface area (Å²) in [5.41, 5.74) is 1.75. The predicted octanol–water partition coefficient (Wildman–Crippen LogP) is 2.67. The summed E-state index contributed by atoms with van der Waals surface area (Å²) in [4.78, 5) is 24.5. The van der Waals surface area contributed by atoms with Crippen LogP contribution in [0, 0.1) is 19.7 Å². The molecular weight excluding hydrogens is 297 g/mol. The first-order chi connectivity index (χ1) is 11.0. The fraction of sp³-hybridized carbons (Fsp3) is 0.125. The van der Waals surface area contributed by atoms with Gasteiger partial charge in [-0.2, -0.15) is 0 Å². The minimum Gasteiger partial charge on any atom is -0.305 e. The van der Waals surface area contributed by atoms with Crippen molar-refractivity contribution in [2.24, 2.45) is 0 Å². The molecule has 1 N–H and O–H groups in total. The predicted molar refractivity (Wildman–Crippen MR) is 83.0 cm³/mol. The molecule has 0 spiro atoms. The average Bonchev–Trinajstić information content (AvgIpc) is 2.95. The van der Waals surface area contributed by atoms with E-state index in [1.165, 1.54) is 12.1 Å². The fourth-order valence-electron chi connectivity index (χ4n) is 2.19. The summed E-state index contributed by atoms with van der Waals surface area (Å²) in [6.45, 7) is 3.68. The number of nitrogens with zero attached hydrogens (tertiary/aromatic N) is 4. The van der Waals surface area contributed by atoms with Crippen LogP contribution < -0.4 is 5.32 Å². The van der Waals surface area contributed by atoms with Crippen molar-refractivity contribution < 1.29 is 9.18 Å². The number of pyridine rings is 2. The second-order valence-corrected chi connectivity index (χ2v) is 5.01. The first-order valence-corrected chi connectivity index (χ1v) is 6.95. The van der Waals surface area contributed by atoms with Crippen LogP contribution >= 0.6 is 0 Å². The lowest BCUT2D eigenvalue weighted by molar-refractivity contribution is 0.102. The zero-order valence-corrected chi connectivity index (χ0v) is 12.6. The third-order valence-corrected chi connectivity index (χ3v) is 3.24. The number of carbonyl (C=O) groups excluding carboxylic acids is 1. The van der Waals surface area contributed by atoms with Crippen molar-refractivity contribution in [3.05, 3.63) is 65.9 Å². The zero-order chi connectivity index (χ0) is 16.4. The number of hydrogen-bond acceptors (Lipinski definition) is 4. The summed E-state index contributed by atoms with van der Waals surface area (Å²) in [6.07, 6.45) is 4.54. The Bertz CT molecular complexity index is 857. The van der Waals surface area contributed by atoms with E-state index in [1.807, 2.05) is 30.7 Å². The molecule has 7 heteroatoms. The molecule has 0 fully saturated rings. The van der Waals surface area contributed by atoms with Crippen LogP contribution in [0.1, 0.15) is 22.0 Å². The molecule has 116 valence electrons. The molecule has 0 bridgehead atoms. The Morgan fingerprint density at radius 3 is 2.70 bits per heavy atom. The molecule has 0 saturated heterocycles. The molecule has 6 nitrogen and oxygen atoms in total. The fourth-order valence-corrected chi connectivity index (χ4v) is 2.19. The van der Waals surface area contributed by atoms with Crippen LogP contribution in [0.15, 0.2) is 42.9 Å². The van der Waals surface area contributed by atoms with Crippen molar-refractivity contribution in [3.63, 3.8) is 0 Å². The topological polar surface area (TPSA) is 72.7 Å². The van der Waals surface area contributed by atoms with E-state index in [0.717, 1.165) is 17.7 Å². The van der Waals surface area contributed by atoms with Crippen LogP contribution in [-0.4, -0.2) is 25.4 Å². The third-order valence-electron chi connectivity index (χ3n) is 3.24. The van der Waals surface area contributed by atoms with Gasteiger partial charge in [-0.05, 0) is 38.1 Å². The highest BCUT2D eigenvalue weighted by molar-refractivity contribution is 6.02. The van der Waals surface area contributed by atoms with Gasteiger partial charge < -0.3 is 9.88 Å². The minimum atomic E-state index is -0.463. The standard InChI is InChI=1S/C16H14FN5O/c1-10-7-13(22-6-5-18-11(22)2)8-14(20-10)16(23)21-15-4-3-12(17)9-19-15/h3-9H,1-2H3,(H,19,21,23). The molecule has 1 amide bonds. The van der Waals surface area contributed by atoms with Crippen LogP contribution in [-0.2, 0) is 0 Å². The molecule has 0 aliphatic rings. The Hall–Kier alpha value is -3.09. The highest BCUT2D eigenvalue weighted by atomic mass is 19.1. The summed E-state index contributed by atoms with van der Waals surface area (Å²) in [5.74, 6) is 0.198. The molecule has 0 saturated carbocycles. The van der Waals surface area contributed by atoms with Gasteiger partial charge in [-0.1, -0.05) is 0 Å². The van der Waals surface area contributed by atoms with Crippen LogP contribution in [0.2, 0.25) is 0 Å². The highest BCUT2D eigenvalue weighted by Crippen LogP contribution is 2.14. The molecule has 3 rings (SSSR count). The van der Waals surface area contributed by atoms with Crippen LogP contribution in [0.4, 0.5) is 10.2 Å². The quantitative estimate of drug-likeness (QED) is 0.807. The third kappa shape index (κ3) is 3.23. The van der Waals surface area contributed by atoms with Gasteiger partial charge in [-0.15, -0.1) is 0 Å².